The normalized spacial score (nSPS) is 10.6. The minimum Gasteiger partial charge on any atom is -0.355 e. The van der Waals surface area contributed by atoms with E-state index < -0.39 is 0 Å². The molecule has 0 radical (unpaired) electrons. The minimum atomic E-state index is 0.455. The number of halogens is 1. The third-order valence-electron chi connectivity index (χ3n) is 3.10. The molecule has 0 aliphatic rings. The lowest BCUT2D eigenvalue weighted by Gasteiger charge is -2.18. The Morgan fingerprint density at radius 2 is 1.95 bits per heavy atom. The van der Waals surface area contributed by atoms with E-state index in [1.165, 1.54) is 5.56 Å². The van der Waals surface area contributed by atoms with Crippen LogP contribution in [0, 0.1) is 0 Å². The average molecular weight is 316 g/mol. The molecule has 0 fully saturated rings. The van der Waals surface area contributed by atoms with Crippen molar-refractivity contribution in [1.29, 1.82) is 0 Å². The second-order valence-electron chi connectivity index (χ2n) is 4.73. The zero-order valence-corrected chi connectivity index (χ0v) is 13.1. The molecule has 21 heavy (non-hydrogen) atoms. The Kier molecular flexibility index (Phi) is 4.18. The summed E-state index contributed by atoms with van der Waals surface area (Å²) in [7, 11) is 2.01. The standard InChI is InChI=1S/C16H14ClN3S/c1-20(10-12-7-8-21-11-12)15-9-14(17)18-16(19-15)13-5-3-2-4-6-13/h2-9,11H,10H2,1H3. The van der Waals surface area contributed by atoms with Crippen LogP contribution in [0.3, 0.4) is 0 Å². The van der Waals surface area contributed by atoms with Crippen LogP contribution in [-0.4, -0.2) is 17.0 Å². The summed E-state index contributed by atoms with van der Waals surface area (Å²) in [4.78, 5) is 11.0. The monoisotopic (exact) mass is 315 g/mol. The van der Waals surface area contributed by atoms with Gasteiger partial charge in [-0.05, 0) is 22.4 Å². The van der Waals surface area contributed by atoms with Crippen molar-refractivity contribution in [3.63, 3.8) is 0 Å². The van der Waals surface area contributed by atoms with Crippen molar-refractivity contribution in [3.05, 3.63) is 63.9 Å². The molecule has 0 N–H and O–H groups in total. The van der Waals surface area contributed by atoms with Crippen LogP contribution in [0.2, 0.25) is 5.15 Å². The van der Waals surface area contributed by atoms with Crippen LogP contribution in [-0.2, 0) is 6.54 Å². The van der Waals surface area contributed by atoms with E-state index in [4.69, 9.17) is 11.6 Å². The third kappa shape index (κ3) is 3.40. The second-order valence-corrected chi connectivity index (χ2v) is 5.89. The number of hydrogen-bond acceptors (Lipinski definition) is 4. The number of benzene rings is 1. The van der Waals surface area contributed by atoms with Crippen LogP contribution in [0.1, 0.15) is 5.56 Å². The number of anilines is 1. The predicted molar refractivity (Wildman–Crippen MR) is 88.9 cm³/mol. The Morgan fingerprint density at radius 1 is 1.14 bits per heavy atom. The maximum atomic E-state index is 6.15. The molecule has 106 valence electrons. The van der Waals surface area contributed by atoms with Gasteiger partial charge in [0.05, 0.1) is 0 Å². The molecular weight excluding hydrogens is 302 g/mol. The number of rotatable bonds is 4. The van der Waals surface area contributed by atoms with Crippen molar-refractivity contribution in [2.45, 2.75) is 6.54 Å². The average Bonchev–Trinajstić information content (AvgIpc) is 3.00. The lowest BCUT2D eigenvalue weighted by atomic mass is 10.2. The predicted octanol–water partition coefficient (Wildman–Crippen LogP) is 4.49. The molecule has 3 nitrogen and oxygen atoms in total. The van der Waals surface area contributed by atoms with Gasteiger partial charge in [-0.25, -0.2) is 9.97 Å². The first-order valence-corrected chi connectivity index (χ1v) is 7.86. The smallest absolute Gasteiger partial charge is 0.163 e. The maximum Gasteiger partial charge on any atom is 0.163 e. The van der Waals surface area contributed by atoms with E-state index in [1.54, 1.807) is 17.4 Å². The van der Waals surface area contributed by atoms with Crippen molar-refractivity contribution >= 4 is 28.8 Å². The highest BCUT2D eigenvalue weighted by molar-refractivity contribution is 7.07. The second kappa shape index (κ2) is 6.24. The van der Waals surface area contributed by atoms with Gasteiger partial charge in [0, 0.05) is 25.2 Å². The Bertz CT molecular complexity index is 714. The van der Waals surface area contributed by atoms with Gasteiger partial charge in [0.1, 0.15) is 11.0 Å². The fraction of sp³-hybridized carbons (Fsp3) is 0.125. The van der Waals surface area contributed by atoms with Gasteiger partial charge in [-0.15, -0.1) is 0 Å². The highest BCUT2D eigenvalue weighted by Crippen LogP contribution is 2.23. The summed E-state index contributed by atoms with van der Waals surface area (Å²) in [5, 5.41) is 4.67. The van der Waals surface area contributed by atoms with Gasteiger partial charge in [-0.2, -0.15) is 11.3 Å². The quantitative estimate of drug-likeness (QED) is 0.664. The number of thiophene rings is 1. The Hall–Kier alpha value is -1.91. The van der Waals surface area contributed by atoms with Crippen molar-refractivity contribution in [2.75, 3.05) is 11.9 Å². The van der Waals surface area contributed by atoms with Gasteiger partial charge in [0.2, 0.25) is 0 Å². The molecule has 0 spiro atoms. The molecule has 0 bridgehead atoms. The number of hydrogen-bond donors (Lipinski definition) is 0. The van der Waals surface area contributed by atoms with Crippen molar-refractivity contribution in [1.82, 2.24) is 9.97 Å². The molecule has 0 unspecified atom stereocenters. The molecule has 0 atom stereocenters. The first-order chi connectivity index (χ1) is 10.2. The van der Waals surface area contributed by atoms with Crippen LogP contribution in [0.5, 0.6) is 0 Å². The summed E-state index contributed by atoms with van der Waals surface area (Å²) in [6.07, 6.45) is 0. The maximum absolute atomic E-state index is 6.15. The van der Waals surface area contributed by atoms with Crippen LogP contribution in [0.25, 0.3) is 11.4 Å². The summed E-state index contributed by atoms with van der Waals surface area (Å²) in [6, 6.07) is 13.8. The molecule has 2 heterocycles. The molecule has 0 amide bonds. The summed E-state index contributed by atoms with van der Waals surface area (Å²) in [6.45, 7) is 0.797. The van der Waals surface area contributed by atoms with Crippen molar-refractivity contribution in [2.24, 2.45) is 0 Å². The SMILES string of the molecule is CN(Cc1ccsc1)c1cc(Cl)nc(-c2ccccc2)n1. The third-order valence-corrected chi connectivity index (χ3v) is 4.03. The molecular formula is C16H14ClN3S. The van der Waals surface area contributed by atoms with Crippen LogP contribution >= 0.6 is 22.9 Å². The van der Waals surface area contributed by atoms with Gasteiger partial charge < -0.3 is 4.90 Å². The molecule has 5 heteroatoms. The van der Waals surface area contributed by atoms with Gasteiger partial charge in [-0.3, -0.25) is 0 Å². The number of nitrogens with zero attached hydrogens (tertiary/aromatic N) is 3. The molecule has 1 aromatic carbocycles. The fourth-order valence-corrected chi connectivity index (χ4v) is 2.89. The van der Waals surface area contributed by atoms with Gasteiger partial charge in [0.15, 0.2) is 5.82 Å². The Labute approximate surface area is 132 Å². The lowest BCUT2D eigenvalue weighted by Crippen LogP contribution is -2.17. The zero-order chi connectivity index (χ0) is 14.7. The van der Waals surface area contributed by atoms with E-state index >= 15 is 0 Å². The highest BCUT2D eigenvalue weighted by Gasteiger charge is 2.09. The minimum absolute atomic E-state index is 0.455. The van der Waals surface area contributed by atoms with E-state index in [9.17, 15) is 0 Å². The van der Waals surface area contributed by atoms with Crippen LogP contribution in [0.15, 0.2) is 53.2 Å². The summed E-state index contributed by atoms with van der Waals surface area (Å²) in [5.41, 5.74) is 2.23. The van der Waals surface area contributed by atoms with Crippen molar-refractivity contribution in [3.8, 4) is 11.4 Å². The largest absolute Gasteiger partial charge is 0.355 e. The molecule has 0 aliphatic carbocycles. The molecule has 0 saturated carbocycles. The molecule has 3 rings (SSSR count). The summed E-state index contributed by atoms with van der Waals surface area (Å²) in [5.74, 6) is 1.47. The molecule has 2 aromatic heterocycles. The van der Waals surface area contributed by atoms with E-state index in [1.807, 2.05) is 37.4 Å². The van der Waals surface area contributed by atoms with E-state index in [2.05, 4.69) is 31.7 Å². The van der Waals surface area contributed by atoms with Gasteiger partial charge >= 0.3 is 0 Å². The Morgan fingerprint density at radius 3 is 2.67 bits per heavy atom. The van der Waals surface area contributed by atoms with Crippen LogP contribution < -0.4 is 4.90 Å². The highest BCUT2D eigenvalue weighted by atomic mass is 35.5. The molecule has 0 aliphatic heterocycles. The van der Waals surface area contributed by atoms with Gasteiger partial charge in [-0.1, -0.05) is 41.9 Å². The van der Waals surface area contributed by atoms with E-state index in [-0.39, 0.29) is 0 Å². The van der Waals surface area contributed by atoms with Crippen LogP contribution in [0.4, 0.5) is 5.82 Å². The first-order valence-electron chi connectivity index (χ1n) is 6.54. The topological polar surface area (TPSA) is 29.0 Å². The van der Waals surface area contributed by atoms with E-state index in [0.717, 1.165) is 17.9 Å². The lowest BCUT2D eigenvalue weighted by molar-refractivity contribution is 0.896. The number of aromatic nitrogens is 2. The van der Waals surface area contributed by atoms with E-state index in [0.29, 0.717) is 11.0 Å². The summed E-state index contributed by atoms with van der Waals surface area (Å²) < 4.78 is 0. The summed E-state index contributed by atoms with van der Waals surface area (Å²) >= 11 is 7.84. The fourth-order valence-electron chi connectivity index (χ4n) is 2.06. The Balaban J connectivity index is 1.90. The first kappa shape index (κ1) is 14.0. The van der Waals surface area contributed by atoms with Gasteiger partial charge in [0.25, 0.3) is 0 Å². The molecule has 3 aromatic rings. The molecule has 0 saturated heterocycles. The van der Waals surface area contributed by atoms with Crippen molar-refractivity contribution < 1.29 is 0 Å². The zero-order valence-electron chi connectivity index (χ0n) is 11.5.